The Kier molecular flexibility index (Phi) is 9.26. The van der Waals surface area contributed by atoms with Crippen LogP contribution in [0.3, 0.4) is 0 Å². The second-order valence-electron chi connectivity index (χ2n) is 8.89. The monoisotopic (exact) mass is 344 g/mol. The molecule has 142 valence electrons. The van der Waals surface area contributed by atoms with Crippen molar-refractivity contribution in [3.63, 3.8) is 0 Å². The van der Waals surface area contributed by atoms with Gasteiger partial charge in [-0.05, 0) is 62.5 Å². The lowest BCUT2D eigenvalue weighted by Gasteiger charge is -2.23. The highest BCUT2D eigenvalue weighted by Gasteiger charge is 2.20. The number of hydrogen-bond donors (Lipinski definition) is 1. The summed E-state index contributed by atoms with van der Waals surface area (Å²) in [6.07, 6.45) is 12.4. The molecule has 25 heavy (non-hydrogen) atoms. The third-order valence-electron chi connectivity index (χ3n) is 4.56. The lowest BCUT2D eigenvalue weighted by atomic mass is 9.83. The van der Waals surface area contributed by atoms with Gasteiger partial charge in [-0.15, -0.1) is 0 Å². The maximum atomic E-state index is 10.8. The molecule has 0 aromatic heterocycles. The van der Waals surface area contributed by atoms with Crippen molar-refractivity contribution in [3.8, 4) is 0 Å². The topological polar surface area (TPSA) is 20.2 Å². The zero-order chi connectivity index (χ0) is 19.8. The quantitative estimate of drug-likeness (QED) is 0.381. The van der Waals surface area contributed by atoms with E-state index >= 15 is 0 Å². The van der Waals surface area contributed by atoms with Gasteiger partial charge in [-0.2, -0.15) is 0 Å². The Bertz CT molecular complexity index is 579. The molecule has 0 aliphatic carbocycles. The van der Waals surface area contributed by atoms with Gasteiger partial charge in [0, 0.05) is 0 Å². The number of aliphatic hydroxyl groups excluding tert-OH is 1. The standard InChI is InChI=1S/C24H40O/c1-11-14-21(24(8,9)10)22(25)20(12-2)16-13-15-18(3)17-19(4)23(5,6)7/h11-12,14-15,17,25H,13,16H2,1-10H3/b14-11+,18-15-,19-17+,20-12-,22-21-. The van der Waals surface area contributed by atoms with Crippen LogP contribution in [0.15, 0.2) is 58.4 Å². The summed E-state index contributed by atoms with van der Waals surface area (Å²) in [5, 5.41) is 10.8. The molecule has 1 heteroatoms. The fraction of sp³-hybridized carbons (Fsp3) is 0.583. The summed E-state index contributed by atoms with van der Waals surface area (Å²) in [4.78, 5) is 0. The molecule has 0 unspecified atom stereocenters. The maximum absolute atomic E-state index is 10.8. The van der Waals surface area contributed by atoms with E-state index in [0.29, 0.717) is 5.76 Å². The molecule has 0 rings (SSSR count). The molecule has 0 amide bonds. The minimum Gasteiger partial charge on any atom is -0.507 e. The summed E-state index contributed by atoms with van der Waals surface area (Å²) >= 11 is 0. The Morgan fingerprint density at radius 1 is 0.920 bits per heavy atom. The third-order valence-corrected chi connectivity index (χ3v) is 4.56. The van der Waals surface area contributed by atoms with Gasteiger partial charge in [0.1, 0.15) is 5.76 Å². The average Bonchev–Trinajstić information content (AvgIpc) is 2.46. The molecular formula is C24H40O. The van der Waals surface area contributed by atoms with Crippen LogP contribution in [0.25, 0.3) is 0 Å². The summed E-state index contributed by atoms with van der Waals surface area (Å²) in [5.74, 6) is 0.431. The maximum Gasteiger partial charge on any atom is 0.122 e. The number of rotatable bonds is 6. The van der Waals surface area contributed by atoms with Gasteiger partial charge >= 0.3 is 0 Å². The van der Waals surface area contributed by atoms with E-state index in [1.54, 1.807) is 0 Å². The number of allylic oxidation sites excluding steroid dienone is 9. The van der Waals surface area contributed by atoms with Crippen LogP contribution in [-0.2, 0) is 0 Å². The summed E-state index contributed by atoms with van der Waals surface area (Å²) in [6.45, 7) is 21.5. The van der Waals surface area contributed by atoms with Gasteiger partial charge in [-0.1, -0.05) is 83.1 Å². The van der Waals surface area contributed by atoms with Crippen LogP contribution in [0.4, 0.5) is 0 Å². The molecule has 0 fully saturated rings. The first kappa shape index (κ1) is 23.5. The smallest absolute Gasteiger partial charge is 0.122 e. The fourth-order valence-electron chi connectivity index (χ4n) is 2.50. The third kappa shape index (κ3) is 8.43. The summed E-state index contributed by atoms with van der Waals surface area (Å²) in [7, 11) is 0. The molecule has 0 spiro atoms. The molecule has 0 radical (unpaired) electrons. The first-order valence-electron chi connectivity index (χ1n) is 9.42. The van der Waals surface area contributed by atoms with Crippen molar-refractivity contribution in [3.05, 3.63) is 58.4 Å². The Hall–Kier alpha value is -1.50. The molecule has 0 heterocycles. The molecule has 0 saturated heterocycles. The van der Waals surface area contributed by atoms with E-state index in [2.05, 4.69) is 67.5 Å². The minimum absolute atomic E-state index is 0.0802. The highest BCUT2D eigenvalue weighted by molar-refractivity contribution is 5.38. The van der Waals surface area contributed by atoms with Crippen molar-refractivity contribution in [2.75, 3.05) is 0 Å². The predicted molar refractivity (Wildman–Crippen MR) is 114 cm³/mol. The Morgan fingerprint density at radius 2 is 1.48 bits per heavy atom. The van der Waals surface area contributed by atoms with E-state index in [0.717, 1.165) is 24.0 Å². The van der Waals surface area contributed by atoms with E-state index in [-0.39, 0.29) is 10.8 Å². The summed E-state index contributed by atoms with van der Waals surface area (Å²) in [5.41, 5.74) is 4.81. The van der Waals surface area contributed by atoms with Crippen molar-refractivity contribution in [2.45, 2.75) is 82.1 Å². The highest BCUT2D eigenvalue weighted by Crippen LogP contribution is 2.32. The average molecular weight is 345 g/mol. The van der Waals surface area contributed by atoms with E-state index in [1.807, 2.05) is 32.1 Å². The lowest BCUT2D eigenvalue weighted by molar-refractivity contribution is 0.386. The normalized spacial score (nSPS) is 16.5. The van der Waals surface area contributed by atoms with Crippen LogP contribution in [-0.4, -0.2) is 5.11 Å². The molecule has 0 atom stereocenters. The Balaban J connectivity index is 5.30. The van der Waals surface area contributed by atoms with Gasteiger partial charge in [0.2, 0.25) is 0 Å². The molecular weight excluding hydrogens is 304 g/mol. The largest absolute Gasteiger partial charge is 0.507 e. The van der Waals surface area contributed by atoms with Crippen LogP contribution >= 0.6 is 0 Å². The van der Waals surface area contributed by atoms with Crippen molar-refractivity contribution in [1.82, 2.24) is 0 Å². The van der Waals surface area contributed by atoms with Gasteiger partial charge in [-0.3, -0.25) is 0 Å². The van der Waals surface area contributed by atoms with E-state index in [1.165, 1.54) is 11.1 Å². The molecule has 0 aliphatic heterocycles. The van der Waals surface area contributed by atoms with Crippen LogP contribution in [0.5, 0.6) is 0 Å². The van der Waals surface area contributed by atoms with Crippen molar-refractivity contribution < 1.29 is 5.11 Å². The Labute approximate surface area is 156 Å². The first-order valence-corrected chi connectivity index (χ1v) is 9.42. The van der Waals surface area contributed by atoms with Crippen molar-refractivity contribution in [2.24, 2.45) is 10.8 Å². The molecule has 0 aromatic rings. The minimum atomic E-state index is -0.0802. The van der Waals surface area contributed by atoms with Crippen molar-refractivity contribution >= 4 is 0 Å². The number of aliphatic hydroxyl groups is 1. The second-order valence-corrected chi connectivity index (χ2v) is 8.89. The summed E-state index contributed by atoms with van der Waals surface area (Å²) in [6, 6.07) is 0. The predicted octanol–water partition coefficient (Wildman–Crippen LogP) is 8.09. The van der Waals surface area contributed by atoms with Crippen molar-refractivity contribution in [1.29, 1.82) is 0 Å². The lowest BCUT2D eigenvalue weighted by Crippen LogP contribution is -2.11. The van der Waals surface area contributed by atoms with Gasteiger partial charge in [-0.25, -0.2) is 0 Å². The van der Waals surface area contributed by atoms with Gasteiger partial charge in [0.05, 0.1) is 0 Å². The van der Waals surface area contributed by atoms with Crippen LogP contribution < -0.4 is 0 Å². The van der Waals surface area contributed by atoms with Crippen LogP contribution in [0.1, 0.15) is 82.1 Å². The molecule has 0 aromatic carbocycles. The van der Waals surface area contributed by atoms with Crippen LogP contribution in [0.2, 0.25) is 0 Å². The molecule has 1 nitrogen and oxygen atoms in total. The van der Waals surface area contributed by atoms with Crippen LogP contribution in [0, 0.1) is 10.8 Å². The molecule has 0 bridgehead atoms. The van der Waals surface area contributed by atoms with Gasteiger partial charge in [0.15, 0.2) is 0 Å². The van der Waals surface area contributed by atoms with Gasteiger partial charge < -0.3 is 5.11 Å². The SMILES string of the molecule is C\C=C(CC/C=C(C)\C=C(/C)C(C)(C)C)/C(O)=C(\C=C\C)C(C)(C)C. The molecule has 0 saturated carbocycles. The zero-order valence-corrected chi connectivity index (χ0v) is 18.2. The van der Waals surface area contributed by atoms with E-state index in [4.69, 9.17) is 0 Å². The first-order chi connectivity index (χ1) is 11.3. The van der Waals surface area contributed by atoms with E-state index < -0.39 is 0 Å². The molecule has 0 aliphatic rings. The second kappa shape index (κ2) is 9.85. The highest BCUT2D eigenvalue weighted by atomic mass is 16.3. The van der Waals surface area contributed by atoms with Gasteiger partial charge in [0.25, 0.3) is 0 Å². The zero-order valence-electron chi connectivity index (χ0n) is 18.2. The van der Waals surface area contributed by atoms with E-state index in [9.17, 15) is 5.11 Å². The molecule has 1 N–H and O–H groups in total. The number of hydrogen-bond acceptors (Lipinski definition) is 1. The summed E-state index contributed by atoms with van der Waals surface area (Å²) < 4.78 is 0. The Morgan fingerprint density at radius 3 is 1.88 bits per heavy atom. The fourth-order valence-corrected chi connectivity index (χ4v) is 2.50.